The van der Waals surface area contributed by atoms with Crippen molar-refractivity contribution >= 4 is 5.96 Å². The fourth-order valence-corrected chi connectivity index (χ4v) is 2.15. The number of aromatic nitrogens is 2. The number of ether oxygens (including phenoxy) is 1. The van der Waals surface area contributed by atoms with Crippen LogP contribution in [0.3, 0.4) is 0 Å². The first-order valence-electron chi connectivity index (χ1n) is 8.13. The van der Waals surface area contributed by atoms with Gasteiger partial charge in [0.05, 0.1) is 11.3 Å². The summed E-state index contributed by atoms with van der Waals surface area (Å²) in [5.74, 6) is 0.785. The molecule has 0 bridgehead atoms. The summed E-state index contributed by atoms with van der Waals surface area (Å²) in [5.41, 5.74) is 2.11. The molecule has 2 aromatic rings. The molecular formula is C18H27N5O. The number of benzene rings is 1. The van der Waals surface area contributed by atoms with Gasteiger partial charge in [-0.25, -0.2) is 4.68 Å². The second kappa shape index (κ2) is 8.49. The van der Waals surface area contributed by atoms with Gasteiger partial charge >= 0.3 is 0 Å². The molecule has 6 heteroatoms. The van der Waals surface area contributed by atoms with E-state index in [0.29, 0.717) is 6.54 Å². The van der Waals surface area contributed by atoms with Crippen LogP contribution in [0, 0.1) is 0 Å². The Morgan fingerprint density at radius 1 is 1.25 bits per heavy atom. The van der Waals surface area contributed by atoms with Crippen LogP contribution < -0.4 is 10.6 Å². The van der Waals surface area contributed by atoms with E-state index in [0.717, 1.165) is 24.6 Å². The SMILES string of the molecule is CN=C(NCCc1ccc(-n2cccn2)cc1)NCC(C)(C)OC. The highest BCUT2D eigenvalue weighted by Crippen LogP contribution is 2.09. The molecule has 2 N–H and O–H groups in total. The number of aliphatic imine (C=N–C) groups is 1. The molecule has 0 radical (unpaired) electrons. The lowest BCUT2D eigenvalue weighted by atomic mass is 10.1. The minimum atomic E-state index is -0.222. The third kappa shape index (κ3) is 5.38. The van der Waals surface area contributed by atoms with E-state index in [1.165, 1.54) is 5.56 Å². The van der Waals surface area contributed by atoms with E-state index in [1.54, 1.807) is 20.4 Å². The van der Waals surface area contributed by atoms with Crippen LogP contribution >= 0.6 is 0 Å². The Kier molecular flexibility index (Phi) is 6.37. The molecule has 24 heavy (non-hydrogen) atoms. The summed E-state index contributed by atoms with van der Waals surface area (Å²) in [5, 5.41) is 10.8. The highest BCUT2D eigenvalue weighted by atomic mass is 16.5. The van der Waals surface area contributed by atoms with E-state index in [-0.39, 0.29) is 5.60 Å². The summed E-state index contributed by atoms with van der Waals surface area (Å²) < 4.78 is 7.25. The second-order valence-corrected chi connectivity index (χ2v) is 6.18. The molecule has 0 fully saturated rings. The number of nitrogens with zero attached hydrogens (tertiary/aromatic N) is 3. The smallest absolute Gasteiger partial charge is 0.191 e. The molecule has 0 aliphatic carbocycles. The lowest BCUT2D eigenvalue weighted by Crippen LogP contribution is -2.45. The maximum Gasteiger partial charge on any atom is 0.191 e. The summed E-state index contributed by atoms with van der Waals surface area (Å²) in [4.78, 5) is 4.23. The Labute approximate surface area is 143 Å². The molecule has 2 rings (SSSR count). The Balaban J connectivity index is 1.78. The van der Waals surface area contributed by atoms with Gasteiger partial charge in [-0.3, -0.25) is 4.99 Å². The van der Waals surface area contributed by atoms with Gasteiger partial charge in [0, 0.05) is 39.6 Å². The van der Waals surface area contributed by atoms with Gasteiger partial charge in [0.2, 0.25) is 0 Å². The maximum atomic E-state index is 5.40. The van der Waals surface area contributed by atoms with Crippen molar-refractivity contribution in [2.24, 2.45) is 4.99 Å². The summed E-state index contributed by atoms with van der Waals surface area (Å²) in [6.45, 7) is 5.58. The standard InChI is InChI=1S/C18H27N5O/c1-18(2,24-4)14-21-17(19-3)20-12-10-15-6-8-16(9-7-15)23-13-5-11-22-23/h5-9,11,13H,10,12,14H2,1-4H3,(H2,19,20,21). The van der Waals surface area contributed by atoms with Gasteiger partial charge in [-0.1, -0.05) is 12.1 Å². The monoisotopic (exact) mass is 329 g/mol. The largest absolute Gasteiger partial charge is 0.377 e. The summed E-state index contributed by atoms with van der Waals surface area (Å²) in [6.07, 6.45) is 4.64. The molecule has 0 atom stereocenters. The zero-order chi connectivity index (χ0) is 17.4. The van der Waals surface area contributed by atoms with Crippen LogP contribution in [0.2, 0.25) is 0 Å². The highest BCUT2D eigenvalue weighted by molar-refractivity contribution is 5.79. The zero-order valence-electron chi connectivity index (χ0n) is 14.9. The molecule has 0 unspecified atom stereocenters. The first-order valence-corrected chi connectivity index (χ1v) is 8.13. The van der Waals surface area contributed by atoms with E-state index in [1.807, 2.05) is 30.8 Å². The van der Waals surface area contributed by atoms with Crippen molar-refractivity contribution in [3.05, 3.63) is 48.3 Å². The fraction of sp³-hybridized carbons (Fsp3) is 0.444. The topological polar surface area (TPSA) is 63.5 Å². The van der Waals surface area contributed by atoms with Gasteiger partial charge in [-0.15, -0.1) is 0 Å². The van der Waals surface area contributed by atoms with Crippen molar-refractivity contribution in [3.63, 3.8) is 0 Å². The number of methoxy groups -OCH3 is 1. The molecule has 0 amide bonds. The van der Waals surface area contributed by atoms with E-state index >= 15 is 0 Å². The van der Waals surface area contributed by atoms with Crippen LogP contribution in [-0.2, 0) is 11.2 Å². The molecule has 0 saturated heterocycles. The lowest BCUT2D eigenvalue weighted by Gasteiger charge is -2.24. The van der Waals surface area contributed by atoms with Gasteiger partial charge in [0.25, 0.3) is 0 Å². The van der Waals surface area contributed by atoms with E-state index in [4.69, 9.17) is 4.74 Å². The van der Waals surface area contributed by atoms with Crippen LogP contribution in [0.5, 0.6) is 0 Å². The van der Waals surface area contributed by atoms with Gasteiger partial charge in [0.15, 0.2) is 5.96 Å². The van der Waals surface area contributed by atoms with E-state index < -0.39 is 0 Å². The Hall–Kier alpha value is -2.34. The molecule has 1 heterocycles. The van der Waals surface area contributed by atoms with Crippen LogP contribution in [0.25, 0.3) is 5.69 Å². The van der Waals surface area contributed by atoms with Gasteiger partial charge in [0.1, 0.15) is 0 Å². The third-order valence-corrected chi connectivity index (χ3v) is 3.87. The molecule has 0 aliphatic rings. The molecule has 1 aromatic heterocycles. The highest BCUT2D eigenvalue weighted by Gasteiger charge is 2.16. The van der Waals surface area contributed by atoms with Crippen LogP contribution in [0.4, 0.5) is 0 Å². The first-order chi connectivity index (χ1) is 11.5. The van der Waals surface area contributed by atoms with E-state index in [9.17, 15) is 0 Å². The predicted octanol–water partition coefficient (Wildman–Crippen LogP) is 2.00. The number of hydrogen-bond donors (Lipinski definition) is 2. The molecule has 130 valence electrons. The van der Waals surface area contributed by atoms with Crippen LogP contribution in [0.1, 0.15) is 19.4 Å². The van der Waals surface area contributed by atoms with Gasteiger partial charge < -0.3 is 15.4 Å². The Morgan fingerprint density at radius 3 is 2.58 bits per heavy atom. The van der Waals surface area contributed by atoms with Crippen molar-refractivity contribution in [3.8, 4) is 5.69 Å². The van der Waals surface area contributed by atoms with Crippen molar-refractivity contribution < 1.29 is 4.74 Å². The van der Waals surface area contributed by atoms with Crippen molar-refractivity contribution in [1.29, 1.82) is 0 Å². The fourth-order valence-electron chi connectivity index (χ4n) is 2.15. The first kappa shape index (κ1) is 18.0. The average molecular weight is 329 g/mol. The van der Waals surface area contributed by atoms with Gasteiger partial charge in [-0.05, 0) is 44.0 Å². The zero-order valence-corrected chi connectivity index (χ0v) is 14.9. The van der Waals surface area contributed by atoms with Crippen LogP contribution in [0.15, 0.2) is 47.7 Å². The van der Waals surface area contributed by atoms with Gasteiger partial charge in [-0.2, -0.15) is 5.10 Å². The minimum absolute atomic E-state index is 0.222. The molecule has 0 spiro atoms. The molecule has 1 aromatic carbocycles. The Morgan fingerprint density at radius 2 is 2.00 bits per heavy atom. The van der Waals surface area contributed by atoms with Crippen molar-refractivity contribution in [2.45, 2.75) is 25.9 Å². The average Bonchev–Trinajstić information content (AvgIpc) is 3.13. The number of rotatable bonds is 7. The van der Waals surface area contributed by atoms with Crippen molar-refractivity contribution in [1.82, 2.24) is 20.4 Å². The maximum absolute atomic E-state index is 5.40. The number of guanidine groups is 1. The summed E-state index contributed by atoms with van der Waals surface area (Å²) >= 11 is 0. The number of hydrogen-bond acceptors (Lipinski definition) is 3. The minimum Gasteiger partial charge on any atom is -0.377 e. The Bertz CT molecular complexity index is 632. The normalized spacial score (nSPS) is 12.2. The van der Waals surface area contributed by atoms with Crippen molar-refractivity contribution in [2.75, 3.05) is 27.2 Å². The molecule has 6 nitrogen and oxygen atoms in total. The number of nitrogens with one attached hydrogen (secondary N) is 2. The molecule has 0 saturated carbocycles. The summed E-state index contributed by atoms with van der Waals surface area (Å²) in [6, 6.07) is 10.3. The van der Waals surface area contributed by atoms with Crippen LogP contribution in [-0.4, -0.2) is 48.6 Å². The second-order valence-electron chi connectivity index (χ2n) is 6.18. The quantitative estimate of drug-likeness (QED) is 0.602. The predicted molar refractivity (Wildman–Crippen MR) is 97.7 cm³/mol. The molecular weight excluding hydrogens is 302 g/mol. The van der Waals surface area contributed by atoms with E-state index in [2.05, 4.69) is 45.0 Å². The molecule has 0 aliphatic heterocycles. The lowest BCUT2D eigenvalue weighted by molar-refractivity contribution is 0.0268. The third-order valence-electron chi connectivity index (χ3n) is 3.87. The summed E-state index contributed by atoms with van der Waals surface area (Å²) in [7, 11) is 3.48.